The van der Waals surface area contributed by atoms with Crippen molar-refractivity contribution in [1.82, 2.24) is 0 Å². The number of hydrogen-bond donors (Lipinski definition) is 0. The Balaban J connectivity index is 2.51. The third kappa shape index (κ3) is 5.44. The first-order valence-electron chi connectivity index (χ1n) is 8.44. The highest BCUT2D eigenvalue weighted by Crippen LogP contribution is 2.36. The van der Waals surface area contributed by atoms with Gasteiger partial charge in [0.15, 0.2) is 8.32 Å². The summed E-state index contributed by atoms with van der Waals surface area (Å²) in [5.74, 6) is 0. The van der Waals surface area contributed by atoms with E-state index in [0.29, 0.717) is 6.10 Å². The van der Waals surface area contributed by atoms with Crippen molar-refractivity contribution in [1.29, 1.82) is 0 Å². The van der Waals surface area contributed by atoms with E-state index in [4.69, 9.17) is 4.43 Å². The summed E-state index contributed by atoms with van der Waals surface area (Å²) < 4.78 is 6.72. The van der Waals surface area contributed by atoms with Crippen LogP contribution in [0.5, 0.6) is 0 Å². The molecule has 18 heavy (non-hydrogen) atoms. The van der Waals surface area contributed by atoms with Gasteiger partial charge in [0.1, 0.15) is 0 Å². The fourth-order valence-electron chi connectivity index (χ4n) is 3.25. The SMILES string of the molecule is CCCCC1CCC[Si](CCCC)(CCCC)O1. The van der Waals surface area contributed by atoms with Gasteiger partial charge in [0.25, 0.3) is 0 Å². The van der Waals surface area contributed by atoms with Crippen molar-refractivity contribution in [3.8, 4) is 0 Å². The van der Waals surface area contributed by atoms with Crippen molar-refractivity contribution in [3.05, 3.63) is 0 Å². The summed E-state index contributed by atoms with van der Waals surface area (Å²) in [6.45, 7) is 6.93. The summed E-state index contributed by atoms with van der Waals surface area (Å²) in [6, 6.07) is 4.33. The van der Waals surface area contributed by atoms with Crippen LogP contribution in [0.3, 0.4) is 0 Å². The third-order valence-corrected chi connectivity index (χ3v) is 9.05. The molecule has 2 heteroatoms. The fourth-order valence-corrected chi connectivity index (χ4v) is 8.14. The van der Waals surface area contributed by atoms with Crippen molar-refractivity contribution in [2.24, 2.45) is 0 Å². The summed E-state index contributed by atoms with van der Waals surface area (Å²) >= 11 is 0. The molecule has 0 bridgehead atoms. The molecular weight excluding hydrogens is 236 g/mol. The molecular formula is C16H34OSi. The van der Waals surface area contributed by atoms with Crippen LogP contribution in [0.4, 0.5) is 0 Å². The van der Waals surface area contributed by atoms with Crippen LogP contribution >= 0.6 is 0 Å². The zero-order chi connectivity index (χ0) is 13.3. The molecule has 1 aliphatic rings. The minimum Gasteiger partial charge on any atom is -0.414 e. The van der Waals surface area contributed by atoms with Gasteiger partial charge < -0.3 is 4.43 Å². The zero-order valence-corrected chi connectivity index (χ0v) is 14.0. The molecule has 1 rings (SSSR count). The molecule has 0 amide bonds. The Morgan fingerprint density at radius 2 is 1.56 bits per heavy atom. The zero-order valence-electron chi connectivity index (χ0n) is 13.0. The van der Waals surface area contributed by atoms with E-state index >= 15 is 0 Å². The van der Waals surface area contributed by atoms with Crippen molar-refractivity contribution in [3.63, 3.8) is 0 Å². The first kappa shape index (κ1) is 16.2. The Kier molecular flexibility index (Phi) is 8.24. The molecule has 0 spiro atoms. The maximum atomic E-state index is 6.72. The highest BCUT2D eigenvalue weighted by Gasteiger charge is 2.38. The van der Waals surface area contributed by atoms with E-state index in [1.165, 1.54) is 75.9 Å². The largest absolute Gasteiger partial charge is 0.414 e. The smallest absolute Gasteiger partial charge is 0.193 e. The van der Waals surface area contributed by atoms with Gasteiger partial charge in [0.05, 0.1) is 0 Å². The van der Waals surface area contributed by atoms with Crippen molar-refractivity contribution < 1.29 is 4.43 Å². The van der Waals surface area contributed by atoms with Crippen molar-refractivity contribution >= 4 is 8.32 Å². The first-order chi connectivity index (χ1) is 8.76. The van der Waals surface area contributed by atoms with Crippen LogP contribution in [-0.2, 0) is 4.43 Å². The minimum atomic E-state index is -1.34. The molecule has 0 aromatic rings. The molecule has 0 N–H and O–H groups in total. The molecule has 0 aromatic carbocycles. The number of rotatable bonds is 9. The van der Waals surface area contributed by atoms with Gasteiger partial charge in [-0.2, -0.15) is 0 Å². The second-order valence-corrected chi connectivity index (χ2v) is 10.3. The molecule has 0 radical (unpaired) electrons. The molecule has 0 aromatic heterocycles. The van der Waals surface area contributed by atoms with Crippen molar-refractivity contribution in [2.45, 2.75) is 103 Å². The van der Waals surface area contributed by atoms with Gasteiger partial charge in [0.2, 0.25) is 0 Å². The average molecular weight is 271 g/mol. The fraction of sp³-hybridized carbons (Fsp3) is 1.00. The first-order valence-corrected chi connectivity index (χ1v) is 11.0. The van der Waals surface area contributed by atoms with Crippen LogP contribution in [0.15, 0.2) is 0 Å². The highest BCUT2D eigenvalue weighted by atomic mass is 28.4. The molecule has 1 aliphatic heterocycles. The predicted molar refractivity (Wildman–Crippen MR) is 83.6 cm³/mol. The highest BCUT2D eigenvalue weighted by molar-refractivity contribution is 6.74. The van der Waals surface area contributed by atoms with Crippen LogP contribution in [0, 0.1) is 0 Å². The maximum absolute atomic E-state index is 6.72. The van der Waals surface area contributed by atoms with E-state index in [0.717, 1.165) is 0 Å². The van der Waals surface area contributed by atoms with E-state index in [1.54, 1.807) is 0 Å². The van der Waals surface area contributed by atoms with E-state index in [2.05, 4.69) is 20.8 Å². The van der Waals surface area contributed by atoms with Crippen LogP contribution in [0.2, 0.25) is 18.1 Å². The van der Waals surface area contributed by atoms with Gasteiger partial charge in [-0.1, -0.05) is 65.7 Å². The average Bonchev–Trinajstić information content (AvgIpc) is 2.41. The normalized spacial score (nSPS) is 23.2. The Morgan fingerprint density at radius 3 is 2.11 bits per heavy atom. The lowest BCUT2D eigenvalue weighted by atomic mass is 10.1. The van der Waals surface area contributed by atoms with E-state index in [1.807, 2.05) is 0 Å². The van der Waals surface area contributed by atoms with Gasteiger partial charge >= 0.3 is 0 Å². The summed E-state index contributed by atoms with van der Waals surface area (Å²) in [6.07, 6.45) is 12.9. The molecule has 1 heterocycles. The lowest BCUT2D eigenvalue weighted by Gasteiger charge is -2.40. The van der Waals surface area contributed by atoms with E-state index in [9.17, 15) is 0 Å². The van der Waals surface area contributed by atoms with Gasteiger partial charge in [-0.05, 0) is 31.0 Å². The van der Waals surface area contributed by atoms with Gasteiger partial charge in [-0.15, -0.1) is 0 Å². The molecule has 1 saturated heterocycles. The Bertz CT molecular complexity index is 197. The van der Waals surface area contributed by atoms with E-state index < -0.39 is 8.32 Å². The van der Waals surface area contributed by atoms with Crippen LogP contribution < -0.4 is 0 Å². The minimum absolute atomic E-state index is 0.624. The predicted octanol–water partition coefficient (Wildman–Crippen LogP) is 5.90. The van der Waals surface area contributed by atoms with Gasteiger partial charge in [-0.3, -0.25) is 0 Å². The standard InChI is InChI=1S/C16H34OSi/c1-4-7-11-16-12-10-15-18(17-16,13-8-5-2)14-9-6-3/h16H,4-15H2,1-3H3. The second kappa shape index (κ2) is 9.14. The Hall–Kier alpha value is 0.177. The van der Waals surface area contributed by atoms with Crippen LogP contribution in [-0.4, -0.2) is 14.4 Å². The topological polar surface area (TPSA) is 9.23 Å². The number of hydrogen-bond acceptors (Lipinski definition) is 1. The van der Waals surface area contributed by atoms with Gasteiger partial charge in [-0.25, -0.2) is 0 Å². The van der Waals surface area contributed by atoms with Crippen LogP contribution in [0.1, 0.15) is 78.6 Å². The van der Waals surface area contributed by atoms with Gasteiger partial charge in [0, 0.05) is 6.10 Å². The molecule has 1 unspecified atom stereocenters. The van der Waals surface area contributed by atoms with Crippen molar-refractivity contribution in [2.75, 3.05) is 0 Å². The maximum Gasteiger partial charge on any atom is 0.193 e. The molecule has 1 nitrogen and oxygen atoms in total. The molecule has 1 atom stereocenters. The quantitative estimate of drug-likeness (QED) is 0.474. The lowest BCUT2D eigenvalue weighted by Crippen LogP contribution is -2.45. The summed E-state index contributed by atoms with van der Waals surface area (Å²) in [4.78, 5) is 0. The Labute approximate surface area is 116 Å². The lowest BCUT2D eigenvalue weighted by molar-refractivity contribution is 0.142. The third-order valence-electron chi connectivity index (χ3n) is 4.43. The van der Waals surface area contributed by atoms with Crippen LogP contribution in [0.25, 0.3) is 0 Å². The number of unbranched alkanes of at least 4 members (excludes halogenated alkanes) is 3. The summed E-state index contributed by atoms with van der Waals surface area (Å²) in [7, 11) is -1.34. The Morgan fingerprint density at radius 1 is 0.944 bits per heavy atom. The van der Waals surface area contributed by atoms with E-state index in [-0.39, 0.29) is 0 Å². The summed E-state index contributed by atoms with van der Waals surface area (Å²) in [5.41, 5.74) is 0. The molecule has 0 saturated carbocycles. The monoisotopic (exact) mass is 270 g/mol. The second-order valence-electron chi connectivity index (χ2n) is 6.16. The molecule has 1 fully saturated rings. The molecule has 108 valence electrons. The molecule has 0 aliphatic carbocycles. The summed E-state index contributed by atoms with van der Waals surface area (Å²) in [5, 5.41) is 0.